The Hall–Kier alpha value is -7.45. The number of aliphatic hydroxyl groups is 1. The zero-order valence-corrected chi connectivity index (χ0v) is 38.9. The highest BCUT2D eigenvalue weighted by molar-refractivity contribution is 7.89. The average molecular weight is 968 g/mol. The van der Waals surface area contributed by atoms with Gasteiger partial charge in [0.05, 0.1) is 59.3 Å². The van der Waals surface area contributed by atoms with Gasteiger partial charge < -0.3 is 24.4 Å². The number of pyridine rings is 2. The Labute approximate surface area is 394 Å². The van der Waals surface area contributed by atoms with Crippen molar-refractivity contribution in [2.75, 3.05) is 49.2 Å². The molecular formula is C46H49N9O11S2. The summed E-state index contributed by atoms with van der Waals surface area (Å²) in [5, 5.41) is 38.2. The number of sulfonamides is 2. The molecule has 6 rings (SSSR count). The number of piperidine rings is 2. The highest BCUT2D eigenvalue weighted by Crippen LogP contribution is 2.29. The maximum atomic E-state index is 12.6. The molecule has 0 saturated carbocycles. The van der Waals surface area contributed by atoms with Crippen molar-refractivity contribution >= 4 is 55.4 Å². The summed E-state index contributed by atoms with van der Waals surface area (Å²) < 4.78 is 63.7. The summed E-state index contributed by atoms with van der Waals surface area (Å²) in [5.41, 5.74) is 1.30. The second-order valence-electron chi connectivity index (χ2n) is 15.5. The van der Waals surface area contributed by atoms with Gasteiger partial charge in [-0.3, -0.25) is 19.0 Å². The fourth-order valence-electron chi connectivity index (χ4n) is 7.49. The number of aliphatic hydroxyl groups excluding tert-OH is 1. The van der Waals surface area contributed by atoms with Crippen molar-refractivity contribution in [3.8, 4) is 18.2 Å². The topological polar surface area (TPSA) is 303 Å². The number of carbonyl (C=O) groups is 4. The molecule has 2 aliphatic rings. The van der Waals surface area contributed by atoms with Crippen LogP contribution in [-0.2, 0) is 57.2 Å². The molecule has 4 aromatic rings. The van der Waals surface area contributed by atoms with Crippen LogP contribution in [0.25, 0.3) is 0 Å². The monoisotopic (exact) mass is 967 g/mol. The molecule has 0 unspecified atom stereocenters. The standard InChI is InChI=1S/C23H23N5O5S.C23H26N4O6S/c1-2-33-23(30)19-12-18(13-24)21(26-20(19)14-25)28-10-8-17(9-11-28)22(29)27-34(31,32)15-16-6-4-3-5-7-16;1-2-33-23(30)19-12-18(13-24)21(25-20(19)14-28)27-10-8-17(9-11-27)22(29)26-34(31,32)15-16-6-4-3-5-7-16/h3-7,12,17H,2,8-11,15H2,1H3,(H,27,29);3-7,12,17,28H,2,8-11,14-15H2,1H3,(H,26,29). The first-order valence-electron chi connectivity index (χ1n) is 21.5. The van der Waals surface area contributed by atoms with Gasteiger partial charge >= 0.3 is 11.9 Å². The van der Waals surface area contributed by atoms with Gasteiger partial charge in [0.25, 0.3) is 0 Å². The smallest absolute Gasteiger partial charge is 0.341 e. The number of aromatic nitrogens is 2. The first kappa shape index (κ1) is 51.5. The molecule has 22 heteroatoms. The zero-order valence-electron chi connectivity index (χ0n) is 37.3. The molecule has 0 atom stereocenters. The van der Waals surface area contributed by atoms with Gasteiger partial charge in [0, 0.05) is 38.0 Å². The number of hydrogen-bond donors (Lipinski definition) is 3. The summed E-state index contributed by atoms with van der Waals surface area (Å²) in [6.45, 7) is 4.37. The Balaban J connectivity index is 0.000000254. The third-order valence-corrected chi connectivity index (χ3v) is 13.3. The van der Waals surface area contributed by atoms with Crippen LogP contribution in [0.2, 0.25) is 0 Å². The maximum absolute atomic E-state index is 12.6. The van der Waals surface area contributed by atoms with E-state index in [0.29, 0.717) is 68.8 Å². The molecule has 3 N–H and O–H groups in total. The lowest BCUT2D eigenvalue weighted by Gasteiger charge is -2.32. The van der Waals surface area contributed by atoms with E-state index in [9.17, 15) is 56.9 Å². The van der Waals surface area contributed by atoms with Crippen molar-refractivity contribution in [3.05, 3.63) is 118 Å². The molecule has 0 aliphatic carbocycles. The molecule has 0 spiro atoms. The van der Waals surface area contributed by atoms with Crippen LogP contribution >= 0.6 is 0 Å². The Morgan fingerprint density at radius 2 is 1.04 bits per heavy atom. The van der Waals surface area contributed by atoms with Gasteiger partial charge in [-0.15, -0.1) is 0 Å². The van der Waals surface area contributed by atoms with Crippen LogP contribution in [0.3, 0.4) is 0 Å². The van der Waals surface area contributed by atoms with Crippen LogP contribution in [0.15, 0.2) is 72.8 Å². The van der Waals surface area contributed by atoms with Gasteiger partial charge in [-0.25, -0.2) is 36.4 Å². The van der Waals surface area contributed by atoms with Crippen molar-refractivity contribution in [1.82, 2.24) is 19.4 Å². The number of nitrogens with one attached hydrogen (secondary N) is 2. The Kier molecular flexibility index (Phi) is 18.1. The van der Waals surface area contributed by atoms with Crippen LogP contribution in [0.1, 0.15) is 93.9 Å². The van der Waals surface area contributed by atoms with Crippen molar-refractivity contribution in [2.24, 2.45) is 11.8 Å². The van der Waals surface area contributed by atoms with E-state index in [1.54, 1.807) is 84.3 Å². The fourth-order valence-corrected chi connectivity index (χ4v) is 9.84. The van der Waals surface area contributed by atoms with E-state index in [2.05, 4.69) is 19.4 Å². The number of esters is 2. The van der Waals surface area contributed by atoms with Crippen LogP contribution in [0, 0.1) is 45.8 Å². The number of amides is 2. The fraction of sp³-hybridized carbons (Fsp3) is 0.370. The molecule has 68 heavy (non-hydrogen) atoms. The third-order valence-electron chi connectivity index (χ3n) is 10.8. The van der Waals surface area contributed by atoms with E-state index >= 15 is 0 Å². The van der Waals surface area contributed by atoms with Gasteiger partial charge in [0.15, 0.2) is 5.69 Å². The van der Waals surface area contributed by atoms with Crippen molar-refractivity contribution < 1.29 is 50.6 Å². The number of ether oxygens (including phenoxy) is 2. The molecular weight excluding hydrogens is 919 g/mol. The molecule has 2 aliphatic heterocycles. The van der Waals surface area contributed by atoms with Crippen LogP contribution in [0.4, 0.5) is 11.6 Å². The molecule has 2 saturated heterocycles. The Bertz CT molecular complexity index is 2830. The highest BCUT2D eigenvalue weighted by atomic mass is 32.2. The van der Waals surface area contributed by atoms with E-state index in [0.717, 1.165) is 0 Å². The molecule has 20 nitrogen and oxygen atoms in total. The van der Waals surface area contributed by atoms with Gasteiger partial charge in [0.2, 0.25) is 31.9 Å². The van der Waals surface area contributed by atoms with Gasteiger partial charge in [0.1, 0.15) is 29.8 Å². The first-order valence-corrected chi connectivity index (χ1v) is 24.8. The molecule has 356 valence electrons. The normalized spacial score (nSPS) is 14.2. The highest BCUT2D eigenvalue weighted by Gasteiger charge is 2.32. The molecule has 2 fully saturated rings. The quantitative estimate of drug-likeness (QED) is 0.144. The minimum absolute atomic E-state index is 0.0301. The van der Waals surface area contributed by atoms with Crippen LogP contribution < -0.4 is 19.2 Å². The summed E-state index contributed by atoms with van der Waals surface area (Å²) in [5.74, 6) is -3.61. The van der Waals surface area contributed by atoms with Gasteiger partial charge in [-0.05, 0) is 62.8 Å². The SMILES string of the molecule is CCOC(=O)c1cc(C#N)c(N2CCC(C(=O)NS(=O)(=O)Cc3ccccc3)CC2)nc1C#N.CCOC(=O)c1cc(C#N)c(N2CCC(C(=O)NS(=O)(=O)Cc3ccccc3)CC2)nc1CO. The molecule has 0 radical (unpaired) electrons. The summed E-state index contributed by atoms with van der Waals surface area (Å²) in [6.07, 6.45) is 1.38. The number of hydrogen-bond acceptors (Lipinski definition) is 18. The largest absolute Gasteiger partial charge is 0.462 e. The van der Waals surface area contributed by atoms with Gasteiger partial charge in [-0.1, -0.05) is 60.7 Å². The van der Waals surface area contributed by atoms with Crippen molar-refractivity contribution in [2.45, 2.75) is 57.6 Å². The maximum Gasteiger partial charge on any atom is 0.341 e. The zero-order chi connectivity index (χ0) is 49.4. The summed E-state index contributed by atoms with van der Waals surface area (Å²) in [4.78, 5) is 61.5. The lowest BCUT2D eigenvalue weighted by Crippen LogP contribution is -2.43. The summed E-state index contributed by atoms with van der Waals surface area (Å²) in [7, 11) is -7.66. The molecule has 4 heterocycles. The van der Waals surface area contributed by atoms with Crippen molar-refractivity contribution in [3.63, 3.8) is 0 Å². The van der Waals surface area contributed by atoms with E-state index in [1.165, 1.54) is 12.1 Å². The van der Waals surface area contributed by atoms with E-state index in [-0.39, 0.29) is 64.2 Å². The van der Waals surface area contributed by atoms with E-state index in [1.807, 2.05) is 18.2 Å². The predicted octanol–water partition coefficient (Wildman–Crippen LogP) is 3.35. The Morgan fingerprint density at radius 3 is 1.43 bits per heavy atom. The summed E-state index contributed by atoms with van der Waals surface area (Å²) in [6, 6.07) is 25.7. The predicted molar refractivity (Wildman–Crippen MR) is 245 cm³/mol. The minimum atomic E-state index is -3.83. The second-order valence-corrected chi connectivity index (χ2v) is 18.9. The van der Waals surface area contributed by atoms with Crippen LogP contribution in [0.5, 0.6) is 0 Å². The molecule has 2 aromatic heterocycles. The van der Waals surface area contributed by atoms with E-state index < -0.39 is 62.2 Å². The Morgan fingerprint density at radius 1 is 0.647 bits per heavy atom. The lowest BCUT2D eigenvalue weighted by molar-refractivity contribution is -0.124. The number of nitrogens with zero attached hydrogens (tertiary/aromatic N) is 7. The number of anilines is 2. The van der Waals surface area contributed by atoms with Gasteiger partial charge in [-0.2, -0.15) is 15.8 Å². The second kappa shape index (κ2) is 23.8. The minimum Gasteiger partial charge on any atom is -0.462 e. The third kappa shape index (κ3) is 13.8. The number of nitriles is 3. The molecule has 2 aromatic carbocycles. The number of carbonyl (C=O) groups excluding carboxylic acids is 4. The first-order chi connectivity index (χ1) is 32.5. The number of benzene rings is 2. The average Bonchev–Trinajstić information content (AvgIpc) is 3.33. The van der Waals surface area contributed by atoms with Crippen molar-refractivity contribution in [1.29, 1.82) is 15.8 Å². The lowest BCUT2D eigenvalue weighted by atomic mass is 9.96. The molecule has 0 bridgehead atoms. The summed E-state index contributed by atoms with van der Waals surface area (Å²) >= 11 is 0. The molecule has 2 amide bonds. The van der Waals surface area contributed by atoms with Crippen LogP contribution in [-0.4, -0.2) is 95.1 Å². The number of rotatable bonds is 15. The van der Waals surface area contributed by atoms with E-state index in [4.69, 9.17) is 9.47 Å².